The van der Waals surface area contributed by atoms with E-state index in [1.165, 1.54) is 38.6 Å². The minimum atomic E-state index is 0.373. The molecule has 2 N–H and O–H groups in total. The highest BCUT2D eigenvalue weighted by atomic mass is 15.1. The third kappa shape index (κ3) is 2.36. The highest BCUT2D eigenvalue weighted by Gasteiger charge is 2.39. The highest BCUT2D eigenvalue weighted by Crippen LogP contribution is 2.40. The Morgan fingerprint density at radius 2 is 2.07 bits per heavy atom. The van der Waals surface area contributed by atoms with Crippen LogP contribution in [-0.4, -0.2) is 30.6 Å². The maximum absolute atomic E-state index is 6.23. The second kappa shape index (κ2) is 4.06. The van der Waals surface area contributed by atoms with E-state index in [1.54, 1.807) is 0 Å². The van der Waals surface area contributed by atoms with Gasteiger partial charge in [-0.15, -0.1) is 0 Å². The zero-order chi connectivity index (χ0) is 11.1. The van der Waals surface area contributed by atoms with Crippen molar-refractivity contribution in [3.8, 4) is 0 Å². The lowest BCUT2D eigenvalue weighted by Crippen LogP contribution is -2.46. The molecule has 0 aromatic heterocycles. The van der Waals surface area contributed by atoms with Crippen LogP contribution in [0.4, 0.5) is 0 Å². The molecule has 0 amide bonds. The molecular weight excluding hydrogens is 184 g/mol. The quantitative estimate of drug-likeness (QED) is 0.771. The molecule has 3 atom stereocenters. The maximum Gasteiger partial charge on any atom is 0.0105 e. The molecule has 88 valence electrons. The van der Waals surface area contributed by atoms with Gasteiger partial charge >= 0.3 is 0 Å². The summed E-state index contributed by atoms with van der Waals surface area (Å²) in [6.45, 7) is 5.94. The zero-order valence-corrected chi connectivity index (χ0v) is 10.5. The van der Waals surface area contributed by atoms with Crippen LogP contribution in [0.25, 0.3) is 0 Å². The first-order valence-electron chi connectivity index (χ1n) is 6.49. The van der Waals surface area contributed by atoms with Crippen LogP contribution in [-0.2, 0) is 0 Å². The van der Waals surface area contributed by atoms with Gasteiger partial charge in [-0.2, -0.15) is 0 Å². The van der Waals surface area contributed by atoms with Gasteiger partial charge in [0.15, 0.2) is 0 Å². The van der Waals surface area contributed by atoms with Gasteiger partial charge < -0.3 is 10.6 Å². The van der Waals surface area contributed by atoms with E-state index in [9.17, 15) is 0 Å². The van der Waals surface area contributed by atoms with Crippen molar-refractivity contribution in [3.05, 3.63) is 0 Å². The average Bonchev–Trinajstić information content (AvgIpc) is 2.95. The predicted molar refractivity (Wildman–Crippen MR) is 64.7 cm³/mol. The van der Waals surface area contributed by atoms with E-state index in [4.69, 9.17) is 5.73 Å². The van der Waals surface area contributed by atoms with Crippen LogP contribution >= 0.6 is 0 Å². The van der Waals surface area contributed by atoms with Crippen molar-refractivity contribution in [1.29, 1.82) is 0 Å². The number of hydrogen-bond acceptors (Lipinski definition) is 2. The summed E-state index contributed by atoms with van der Waals surface area (Å²) in [6.07, 6.45) is 6.74. The fourth-order valence-corrected chi connectivity index (χ4v) is 3.11. The third-order valence-electron chi connectivity index (χ3n) is 4.77. The van der Waals surface area contributed by atoms with Crippen LogP contribution < -0.4 is 5.73 Å². The Labute approximate surface area is 94.2 Å². The van der Waals surface area contributed by atoms with Gasteiger partial charge in [-0.25, -0.2) is 0 Å². The number of rotatable bonds is 4. The first-order chi connectivity index (χ1) is 7.03. The molecule has 2 nitrogen and oxygen atoms in total. The summed E-state index contributed by atoms with van der Waals surface area (Å²) in [5.74, 6) is 0.969. The molecule has 3 unspecified atom stereocenters. The summed E-state index contributed by atoms with van der Waals surface area (Å²) in [4.78, 5) is 2.54. The van der Waals surface area contributed by atoms with Gasteiger partial charge in [-0.3, -0.25) is 0 Å². The summed E-state index contributed by atoms with van der Waals surface area (Å²) in [5, 5.41) is 0. The largest absolute Gasteiger partial charge is 0.327 e. The Bertz CT molecular complexity index is 225. The minimum absolute atomic E-state index is 0.373. The van der Waals surface area contributed by atoms with Gasteiger partial charge in [0.05, 0.1) is 0 Å². The van der Waals surface area contributed by atoms with Crippen molar-refractivity contribution in [1.82, 2.24) is 4.90 Å². The van der Waals surface area contributed by atoms with Gasteiger partial charge in [0.2, 0.25) is 0 Å². The molecule has 0 bridgehead atoms. The maximum atomic E-state index is 6.23. The highest BCUT2D eigenvalue weighted by molar-refractivity contribution is 4.95. The van der Waals surface area contributed by atoms with E-state index in [1.807, 2.05) is 0 Å². The van der Waals surface area contributed by atoms with Gasteiger partial charge in [0, 0.05) is 18.6 Å². The van der Waals surface area contributed by atoms with Gasteiger partial charge in [-0.1, -0.05) is 13.3 Å². The molecule has 0 spiro atoms. The first kappa shape index (κ1) is 11.4. The van der Waals surface area contributed by atoms with Crippen LogP contribution in [0.2, 0.25) is 0 Å². The van der Waals surface area contributed by atoms with Crippen LogP contribution in [0.1, 0.15) is 46.0 Å². The number of nitrogens with two attached hydrogens (primary N) is 1. The molecule has 0 heterocycles. The Hall–Kier alpha value is -0.0800. The third-order valence-corrected chi connectivity index (χ3v) is 4.77. The molecule has 2 aliphatic rings. The molecular formula is C13H26N2. The van der Waals surface area contributed by atoms with Gasteiger partial charge in [0.25, 0.3) is 0 Å². The molecule has 0 radical (unpaired) electrons. The van der Waals surface area contributed by atoms with Crippen molar-refractivity contribution in [2.24, 2.45) is 17.1 Å². The lowest BCUT2D eigenvalue weighted by molar-refractivity contribution is 0.135. The molecule has 0 aromatic rings. The molecule has 2 fully saturated rings. The lowest BCUT2D eigenvalue weighted by Gasteiger charge is -2.36. The van der Waals surface area contributed by atoms with Gasteiger partial charge in [0.1, 0.15) is 0 Å². The topological polar surface area (TPSA) is 29.3 Å². The zero-order valence-electron chi connectivity index (χ0n) is 10.5. The van der Waals surface area contributed by atoms with E-state index in [0.29, 0.717) is 11.5 Å². The average molecular weight is 210 g/mol. The number of hydrogen-bond donors (Lipinski definition) is 1. The molecule has 0 aromatic carbocycles. The summed E-state index contributed by atoms with van der Waals surface area (Å²) in [6, 6.07) is 1.18. The van der Waals surface area contributed by atoms with Crippen molar-refractivity contribution >= 4 is 0 Å². The second-order valence-corrected chi connectivity index (χ2v) is 6.15. The van der Waals surface area contributed by atoms with Crippen LogP contribution in [0.3, 0.4) is 0 Å². The predicted octanol–water partition coefficient (Wildman–Crippen LogP) is 2.23. The smallest absolute Gasteiger partial charge is 0.0105 e. The molecule has 0 saturated heterocycles. The summed E-state index contributed by atoms with van der Waals surface area (Å²) in [7, 11) is 2.28. The molecule has 2 heteroatoms. The Balaban J connectivity index is 1.89. The molecule has 2 rings (SSSR count). The Morgan fingerprint density at radius 1 is 1.40 bits per heavy atom. The summed E-state index contributed by atoms with van der Waals surface area (Å²) in [5.41, 5.74) is 6.60. The van der Waals surface area contributed by atoms with Gasteiger partial charge in [-0.05, 0) is 51.0 Å². The summed E-state index contributed by atoms with van der Waals surface area (Å²) >= 11 is 0. The standard InChI is InChI=1S/C13H26N2/c1-10(11-6-7-11)15(3)9-13(2)8-4-5-12(13)14/h10-12H,4-9,14H2,1-3H3. The van der Waals surface area contributed by atoms with Crippen molar-refractivity contribution in [2.75, 3.05) is 13.6 Å². The van der Waals surface area contributed by atoms with E-state index < -0.39 is 0 Å². The summed E-state index contributed by atoms with van der Waals surface area (Å²) < 4.78 is 0. The molecule has 15 heavy (non-hydrogen) atoms. The SMILES string of the molecule is CC(C1CC1)N(C)CC1(C)CCCC1N. The Kier molecular flexibility index (Phi) is 3.09. The van der Waals surface area contributed by atoms with Crippen molar-refractivity contribution < 1.29 is 0 Å². The van der Waals surface area contributed by atoms with Crippen LogP contribution in [0.5, 0.6) is 0 Å². The second-order valence-electron chi connectivity index (χ2n) is 6.15. The normalized spacial score (nSPS) is 38.6. The minimum Gasteiger partial charge on any atom is -0.327 e. The molecule has 2 saturated carbocycles. The van der Waals surface area contributed by atoms with Crippen LogP contribution in [0.15, 0.2) is 0 Å². The Morgan fingerprint density at radius 3 is 2.53 bits per heavy atom. The van der Waals surface area contributed by atoms with Crippen LogP contribution in [0, 0.1) is 11.3 Å². The van der Waals surface area contributed by atoms with E-state index in [-0.39, 0.29) is 0 Å². The first-order valence-corrected chi connectivity index (χ1v) is 6.49. The molecule has 2 aliphatic carbocycles. The van der Waals surface area contributed by atoms with E-state index in [0.717, 1.165) is 12.0 Å². The number of nitrogens with zero attached hydrogens (tertiary/aromatic N) is 1. The van der Waals surface area contributed by atoms with Crippen molar-refractivity contribution in [3.63, 3.8) is 0 Å². The fraction of sp³-hybridized carbons (Fsp3) is 1.00. The van der Waals surface area contributed by atoms with Crippen molar-refractivity contribution in [2.45, 2.75) is 58.0 Å². The van der Waals surface area contributed by atoms with E-state index >= 15 is 0 Å². The fourth-order valence-electron chi connectivity index (χ4n) is 3.11. The van der Waals surface area contributed by atoms with E-state index in [2.05, 4.69) is 25.8 Å². The molecule has 0 aliphatic heterocycles. The monoisotopic (exact) mass is 210 g/mol. The lowest BCUT2D eigenvalue weighted by atomic mass is 9.84.